The van der Waals surface area contributed by atoms with Gasteiger partial charge in [-0.25, -0.2) is 8.78 Å². The summed E-state index contributed by atoms with van der Waals surface area (Å²) < 4.78 is 28.0. The average Bonchev–Trinajstić information content (AvgIpc) is 1.56. The van der Waals surface area contributed by atoms with Crippen molar-refractivity contribution in [1.82, 2.24) is 0 Å². The zero-order chi connectivity index (χ0) is 91.6. The van der Waals surface area contributed by atoms with E-state index in [0.29, 0.717) is 0 Å². The highest BCUT2D eigenvalue weighted by molar-refractivity contribution is 5.93. The summed E-state index contributed by atoms with van der Waals surface area (Å²) in [5, 5.41) is 14.5. The van der Waals surface area contributed by atoms with Crippen molar-refractivity contribution in [2.24, 2.45) is 0 Å². The zero-order valence-electron chi connectivity index (χ0n) is 76.0. The summed E-state index contributed by atoms with van der Waals surface area (Å²) in [6.45, 7) is 10.7. The molecule has 0 radical (unpaired) electrons. The van der Waals surface area contributed by atoms with Crippen molar-refractivity contribution in [3.05, 3.63) is 620 Å². The predicted octanol–water partition coefficient (Wildman–Crippen LogP) is 33.0. The molecule has 4 aliphatic carbocycles. The second-order valence-electron chi connectivity index (χ2n) is 35.8. The maximum Gasteiger partial charge on any atom is 0.123 e. The topological polar surface area (TPSA) is 48.1 Å². The number of hydrogen-bond donors (Lipinski definition) is 4. The van der Waals surface area contributed by atoms with Crippen LogP contribution in [0.3, 0.4) is 0 Å². The van der Waals surface area contributed by atoms with Gasteiger partial charge in [0.1, 0.15) is 11.6 Å². The summed E-state index contributed by atoms with van der Waals surface area (Å²) in [6, 6.07) is 172. The zero-order valence-corrected chi connectivity index (χ0v) is 76.0. The van der Waals surface area contributed by atoms with Crippen LogP contribution in [0, 0.1) is 46.3 Å². The molecule has 0 atom stereocenters. The van der Waals surface area contributed by atoms with E-state index in [1.54, 1.807) is 0 Å². The third-order valence-corrected chi connectivity index (χ3v) is 27.7. The number of hydrogen-bond acceptors (Lipinski definition) is 4. The highest BCUT2D eigenvalue weighted by atomic mass is 19.1. The van der Waals surface area contributed by atoms with Gasteiger partial charge in [-0.3, -0.25) is 0 Å². The number of aryl methyl sites for hydroxylation is 5. The van der Waals surface area contributed by atoms with Crippen LogP contribution in [0.25, 0.3) is 44.5 Å². The van der Waals surface area contributed by atoms with Gasteiger partial charge in [0.05, 0.1) is 21.7 Å². The molecule has 0 unspecified atom stereocenters. The van der Waals surface area contributed by atoms with Crippen molar-refractivity contribution in [3.63, 3.8) is 0 Å². The smallest absolute Gasteiger partial charge is 0.123 e. The maximum atomic E-state index is 14.0. The molecule has 20 aromatic rings. The minimum Gasteiger partial charge on any atom is -0.356 e. The summed E-state index contributed by atoms with van der Waals surface area (Å²) in [7, 11) is 0. The van der Waals surface area contributed by atoms with E-state index < -0.39 is 5.41 Å². The standard InChI is InChI=1S/2C33H27N.C32H25N.C31H21F2N/c1-23-12-11-13-24(2)32(23)34-27-20-21-29-28-18-9-10-19-30(28)33(31(29)22-27,25-14-5-3-6-15-25)26-16-7-4-8-17-26;1-23-12-16-25(17-13-23)33(26-18-14-24(2)15-19-26)31-11-7-6-10-29(31)30-21-20-28(22-32(30)33)34-27-8-4-3-5-9-27;1-23-16-18-26(19-17-23)33-27-20-21-29-28-14-8-9-15-30(28)32(31(29)22-27,24-10-4-2-5-11-24)25-12-6-3-7-13-25;32-23-14-10-21(11-15-23)31(22-12-16-24(33)17-13-22)29-9-5-4-8-27(29)28-19-18-26(20-30(28)31)34-25-6-2-1-3-7-25/h2*3-22,34H,1-2H3;2-22,33H,1H3;1-20,34H. The Labute approximate surface area is 790 Å². The Hall–Kier alpha value is -16.5. The molecule has 20 aromatic carbocycles. The molecule has 0 heterocycles. The van der Waals surface area contributed by atoms with Gasteiger partial charge in [0.25, 0.3) is 0 Å². The fourth-order valence-corrected chi connectivity index (χ4v) is 21.7. The van der Waals surface area contributed by atoms with Crippen LogP contribution in [0.4, 0.5) is 54.3 Å². The van der Waals surface area contributed by atoms with E-state index in [4.69, 9.17) is 0 Å². The van der Waals surface area contributed by atoms with Crippen LogP contribution in [0.1, 0.15) is 117 Å². The molecule has 4 nitrogen and oxygen atoms in total. The molecular formula is C129H100F2N4. The molecule has 6 heteroatoms. The molecule has 0 saturated carbocycles. The third-order valence-electron chi connectivity index (χ3n) is 27.7. The van der Waals surface area contributed by atoms with Crippen molar-refractivity contribution in [2.45, 2.75) is 56.3 Å². The molecule has 0 bridgehead atoms. The van der Waals surface area contributed by atoms with Gasteiger partial charge in [-0.2, -0.15) is 0 Å². The maximum absolute atomic E-state index is 14.0. The van der Waals surface area contributed by atoms with Crippen molar-refractivity contribution >= 4 is 45.5 Å². The molecule has 0 fully saturated rings. The Morgan fingerprint density at radius 3 is 0.630 bits per heavy atom. The normalized spacial score (nSPS) is 13.2. The van der Waals surface area contributed by atoms with E-state index in [9.17, 15) is 8.78 Å². The highest BCUT2D eigenvalue weighted by Gasteiger charge is 2.51. The van der Waals surface area contributed by atoms with Crippen molar-refractivity contribution in [3.8, 4) is 44.5 Å². The van der Waals surface area contributed by atoms with Crippen molar-refractivity contribution < 1.29 is 8.78 Å². The quantitative estimate of drug-likeness (QED) is 0.0779. The summed E-state index contributed by atoms with van der Waals surface area (Å²) in [4.78, 5) is 0. The summed E-state index contributed by atoms with van der Waals surface area (Å²) in [5.41, 5.74) is 43.0. The number of halogens is 2. The minimum atomic E-state index is -0.707. The van der Waals surface area contributed by atoms with Crippen LogP contribution >= 0.6 is 0 Å². The second-order valence-corrected chi connectivity index (χ2v) is 35.8. The van der Waals surface area contributed by atoms with Gasteiger partial charge in [0.15, 0.2) is 0 Å². The molecule has 4 N–H and O–H groups in total. The number of fused-ring (bicyclic) bond motifs is 12. The van der Waals surface area contributed by atoms with Crippen LogP contribution in [-0.2, 0) is 21.7 Å². The number of rotatable bonds is 16. The van der Waals surface area contributed by atoms with E-state index in [1.165, 1.54) is 158 Å². The lowest BCUT2D eigenvalue weighted by Gasteiger charge is -2.34. The van der Waals surface area contributed by atoms with Crippen LogP contribution in [0.2, 0.25) is 0 Å². The van der Waals surface area contributed by atoms with Crippen molar-refractivity contribution in [1.29, 1.82) is 0 Å². The van der Waals surface area contributed by atoms with Crippen LogP contribution < -0.4 is 21.3 Å². The number of para-hydroxylation sites is 3. The summed E-state index contributed by atoms with van der Waals surface area (Å²) >= 11 is 0. The summed E-state index contributed by atoms with van der Waals surface area (Å²) in [6.07, 6.45) is 0. The molecule has 0 aliphatic heterocycles. The SMILES string of the molecule is Cc1ccc(C2(c3ccc(C)cc3)c3ccccc3-c3ccc(Nc4ccccc4)cc32)cc1.Cc1ccc(Nc2ccc3c(c2)C(c2ccccc2)(c2ccccc2)c2ccccc2-3)cc1.Cc1cccc(C)c1Nc1ccc2c(c1)C(c1ccccc1)(c1ccccc1)c1ccccc1-2.Fc1ccc(C2(c3ccc(F)cc3)c3ccccc3-c3ccc(Nc4ccccc4)cc32)cc1. The van der Waals surface area contributed by atoms with Gasteiger partial charge in [-0.05, 0) is 288 Å². The number of anilines is 8. The van der Waals surface area contributed by atoms with Gasteiger partial charge < -0.3 is 21.3 Å². The first kappa shape index (κ1) is 85.3. The van der Waals surface area contributed by atoms with E-state index in [-0.39, 0.29) is 27.9 Å². The van der Waals surface area contributed by atoms with Gasteiger partial charge in [0.2, 0.25) is 0 Å². The molecular weight excluding hydrogens is 1640 g/mol. The molecule has 0 aromatic heterocycles. The van der Waals surface area contributed by atoms with E-state index >= 15 is 0 Å². The van der Waals surface area contributed by atoms with Gasteiger partial charge in [-0.1, -0.05) is 399 Å². The Morgan fingerprint density at radius 2 is 0.356 bits per heavy atom. The van der Waals surface area contributed by atoms with Gasteiger partial charge in [0, 0.05) is 45.5 Å². The first-order valence-corrected chi connectivity index (χ1v) is 46.5. The first-order valence-electron chi connectivity index (χ1n) is 46.5. The lowest BCUT2D eigenvalue weighted by molar-refractivity contribution is 0.622. The van der Waals surface area contributed by atoms with Crippen LogP contribution in [0.15, 0.2) is 491 Å². The first-order chi connectivity index (χ1) is 66.3. The van der Waals surface area contributed by atoms with E-state index in [0.717, 1.165) is 73.2 Å². The second kappa shape index (κ2) is 36.3. The Morgan fingerprint density at radius 1 is 0.156 bits per heavy atom. The average molecular weight is 1740 g/mol. The van der Waals surface area contributed by atoms with Crippen LogP contribution in [-0.4, -0.2) is 0 Å². The van der Waals surface area contributed by atoms with E-state index in [1.807, 2.05) is 72.8 Å². The van der Waals surface area contributed by atoms with Crippen molar-refractivity contribution in [2.75, 3.05) is 21.3 Å². The fourth-order valence-electron chi connectivity index (χ4n) is 21.7. The molecule has 135 heavy (non-hydrogen) atoms. The monoisotopic (exact) mass is 1740 g/mol. The fraction of sp³-hybridized carbons (Fsp3) is 0.0698. The minimum absolute atomic E-state index is 0.288. The van der Waals surface area contributed by atoms with Gasteiger partial charge in [-0.15, -0.1) is 0 Å². The molecule has 4 aliphatic rings. The van der Waals surface area contributed by atoms with Gasteiger partial charge >= 0.3 is 0 Å². The molecule has 0 amide bonds. The third kappa shape index (κ3) is 15.3. The lowest BCUT2D eigenvalue weighted by Crippen LogP contribution is -2.28. The molecule has 0 saturated heterocycles. The number of benzene rings is 20. The Bertz CT molecular complexity index is 7260. The molecule has 24 rings (SSSR count). The largest absolute Gasteiger partial charge is 0.356 e. The Balaban J connectivity index is 0.000000108. The lowest BCUT2D eigenvalue weighted by atomic mass is 9.67. The van der Waals surface area contributed by atoms with E-state index in [2.05, 4.69) is 450 Å². The predicted molar refractivity (Wildman–Crippen MR) is 557 cm³/mol. The number of nitrogens with one attached hydrogen (secondary N) is 4. The summed E-state index contributed by atoms with van der Waals surface area (Å²) in [5.74, 6) is -0.576. The highest BCUT2D eigenvalue weighted by Crippen LogP contribution is 2.62. The molecule has 650 valence electrons. The Kier molecular flexibility index (Phi) is 22.9. The van der Waals surface area contributed by atoms with Crippen LogP contribution in [0.5, 0.6) is 0 Å². The molecule has 0 spiro atoms.